The number of carbonyl (C=O) groups excluding carboxylic acids is 1. The largest absolute Gasteiger partial charge is 0.467 e. The van der Waals surface area contributed by atoms with Crippen LogP contribution in [0.1, 0.15) is 0 Å². The van der Waals surface area contributed by atoms with E-state index in [1.807, 2.05) is 0 Å². The van der Waals surface area contributed by atoms with Gasteiger partial charge >= 0.3 is 5.97 Å². The smallest absolute Gasteiger partial charge is 0.337 e. The molecule has 1 heterocycles. The van der Waals surface area contributed by atoms with Gasteiger partial charge in [0.1, 0.15) is 12.2 Å². The summed E-state index contributed by atoms with van der Waals surface area (Å²) in [5.41, 5.74) is 0. The fraction of sp³-hybridized carbons (Fsp3) is 0.714. The van der Waals surface area contributed by atoms with E-state index in [1.54, 1.807) is 0 Å². The fourth-order valence-corrected chi connectivity index (χ4v) is 1.01. The molecule has 2 radical (unpaired) electrons. The maximum Gasteiger partial charge on any atom is 0.337 e. The number of carbonyl (C=O) groups is 1. The van der Waals surface area contributed by atoms with Crippen molar-refractivity contribution in [2.45, 2.75) is 24.4 Å². The lowest BCUT2D eigenvalue weighted by Gasteiger charge is -2.11. The van der Waals surface area contributed by atoms with E-state index in [2.05, 4.69) is 4.74 Å². The zero-order valence-electron chi connectivity index (χ0n) is 6.51. The van der Waals surface area contributed by atoms with Crippen molar-refractivity contribution >= 4 is 5.97 Å². The van der Waals surface area contributed by atoms with E-state index in [0.717, 1.165) is 7.11 Å². The molecule has 0 aromatic heterocycles. The summed E-state index contributed by atoms with van der Waals surface area (Å²) in [4.78, 5) is 10.8. The van der Waals surface area contributed by atoms with Gasteiger partial charge in [-0.2, -0.15) is 0 Å². The molecule has 1 aliphatic rings. The van der Waals surface area contributed by atoms with Crippen molar-refractivity contribution in [1.29, 1.82) is 0 Å². The van der Waals surface area contributed by atoms with Gasteiger partial charge < -0.3 is 19.7 Å². The van der Waals surface area contributed by atoms with Gasteiger partial charge in [-0.3, -0.25) is 0 Å². The van der Waals surface area contributed by atoms with Crippen LogP contribution in [-0.4, -0.2) is 47.7 Å². The maximum atomic E-state index is 10.8. The molecule has 1 rings (SSSR count). The van der Waals surface area contributed by atoms with Crippen LogP contribution in [0, 0.1) is 6.92 Å². The van der Waals surface area contributed by atoms with E-state index in [4.69, 9.17) is 16.8 Å². The Balaban J connectivity index is 2.64. The van der Waals surface area contributed by atoms with Crippen molar-refractivity contribution in [3.05, 3.63) is 6.92 Å². The quantitative estimate of drug-likeness (QED) is 0.466. The van der Waals surface area contributed by atoms with E-state index >= 15 is 0 Å². The third-order valence-corrected chi connectivity index (χ3v) is 1.73. The average molecular weight is 174 g/mol. The highest BCUT2D eigenvalue weighted by atomic mass is 16.6. The maximum absolute atomic E-state index is 10.8. The minimum absolute atomic E-state index is 0.741. The summed E-state index contributed by atoms with van der Waals surface area (Å²) >= 11 is 0. The lowest BCUT2D eigenvalue weighted by Crippen LogP contribution is -2.36. The van der Waals surface area contributed by atoms with E-state index in [1.165, 1.54) is 0 Å². The van der Waals surface area contributed by atoms with Crippen molar-refractivity contribution in [3.63, 3.8) is 0 Å². The summed E-state index contributed by atoms with van der Waals surface area (Å²) in [6.45, 7) is 5.21. The Labute approximate surface area is 69.9 Å². The Bertz CT molecular complexity index is 181. The topological polar surface area (TPSA) is 76.0 Å². The monoisotopic (exact) mass is 174 g/mol. The van der Waals surface area contributed by atoms with E-state index < -0.39 is 30.4 Å². The molecule has 12 heavy (non-hydrogen) atoms. The summed E-state index contributed by atoms with van der Waals surface area (Å²) in [7, 11) is 1.16. The third kappa shape index (κ3) is 1.43. The second-order valence-corrected chi connectivity index (χ2v) is 2.53. The highest BCUT2D eigenvalue weighted by Gasteiger charge is 2.44. The summed E-state index contributed by atoms with van der Waals surface area (Å²) in [5, 5.41) is 18.2. The summed E-state index contributed by atoms with van der Waals surface area (Å²) in [6.07, 6.45) is -4.77. The molecule has 0 aromatic rings. The van der Waals surface area contributed by atoms with Gasteiger partial charge in [0.15, 0.2) is 6.10 Å². The molecule has 1 fully saturated rings. The SMILES string of the molecule is [CH]C1O[C@H](C(=O)OC)[C@H](O)C1O. The minimum atomic E-state index is -1.31. The first-order chi connectivity index (χ1) is 5.57. The number of rotatable bonds is 1. The molecular formula is C7H10O5. The molecule has 0 aromatic carbocycles. The molecule has 1 aliphatic heterocycles. The summed E-state index contributed by atoms with van der Waals surface area (Å²) in [6, 6.07) is 0. The first-order valence-corrected chi connectivity index (χ1v) is 3.43. The number of aliphatic hydroxyl groups is 2. The van der Waals surface area contributed by atoms with Crippen LogP contribution in [0.15, 0.2) is 0 Å². The fourth-order valence-electron chi connectivity index (χ4n) is 1.01. The van der Waals surface area contributed by atoms with Gasteiger partial charge in [0.2, 0.25) is 0 Å². The normalized spacial score (nSPS) is 41.3. The first kappa shape index (κ1) is 9.44. The summed E-state index contributed by atoms with van der Waals surface area (Å²) < 4.78 is 9.05. The lowest BCUT2D eigenvalue weighted by atomic mass is 10.1. The summed E-state index contributed by atoms with van der Waals surface area (Å²) in [5.74, 6) is -0.741. The van der Waals surface area contributed by atoms with Crippen molar-refractivity contribution in [3.8, 4) is 0 Å². The number of esters is 1. The molecule has 68 valence electrons. The minimum Gasteiger partial charge on any atom is -0.467 e. The van der Waals surface area contributed by atoms with Crippen LogP contribution in [0.3, 0.4) is 0 Å². The highest BCUT2D eigenvalue weighted by Crippen LogP contribution is 2.21. The van der Waals surface area contributed by atoms with Crippen LogP contribution in [-0.2, 0) is 14.3 Å². The average Bonchev–Trinajstić information content (AvgIpc) is 2.32. The lowest BCUT2D eigenvalue weighted by molar-refractivity contribution is -0.156. The molecule has 0 saturated carbocycles. The Morgan fingerprint density at radius 1 is 1.50 bits per heavy atom. The molecule has 1 saturated heterocycles. The van der Waals surface area contributed by atoms with E-state index in [-0.39, 0.29) is 0 Å². The van der Waals surface area contributed by atoms with Gasteiger partial charge in [-0.25, -0.2) is 4.79 Å². The molecule has 2 unspecified atom stereocenters. The zero-order chi connectivity index (χ0) is 9.30. The third-order valence-electron chi connectivity index (χ3n) is 1.73. The second kappa shape index (κ2) is 3.38. The number of methoxy groups -OCH3 is 1. The van der Waals surface area contributed by atoms with Gasteiger partial charge in [-0.05, 0) is 6.92 Å². The molecular weight excluding hydrogens is 164 g/mol. The number of aliphatic hydroxyl groups excluding tert-OH is 2. The van der Waals surface area contributed by atoms with Gasteiger partial charge in [0.05, 0.1) is 13.2 Å². The Kier molecular flexibility index (Phi) is 2.66. The van der Waals surface area contributed by atoms with Crippen molar-refractivity contribution in [1.82, 2.24) is 0 Å². The Morgan fingerprint density at radius 3 is 2.42 bits per heavy atom. The number of hydrogen-bond acceptors (Lipinski definition) is 5. The van der Waals surface area contributed by atoms with Crippen molar-refractivity contribution in [2.75, 3.05) is 7.11 Å². The van der Waals surface area contributed by atoms with E-state index in [9.17, 15) is 9.90 Å². The zero-order valence-corrected chi connectivity index (χ0v) is 6.51. The predicted octanol–water partition coefficient (Wildman–Crippen LogP) is -1.64. The predicted molar refractivity (Wildman–Crippen MR) is 37.0 cm³/mol. The van der Waals surface area contributed by atoms with Crippen LogP contribution in [0.5, 0.6) is 0 Å². The number of ether oxygens (including phenoxy) is 2. The standard InChI is InChI=1S/C7H10O5/c1-3-4(8)5(9)6(12-3)7(10)11-2/h1,3-6,8-9H,2H3/t3?,4?,5-,6+/m1/s1. The van der Waals surface area contributed by atoms with Gasteiger partial charge in [0.25, 0.3) is 0 Å². The van der Waals surface area contributed by atoms with Crippen LogP contribution in [0.25, 0.3) is 0 Å². The first-order valence-electron chi connectivity index (χ1n) is 3.43. The molecule has 0 bridgehead atoms. The van der Waals surface area contributed by atoms with E-state index in [0.29, 0.717) is 0 Å². The molecule has 0 aliphatic carbocycles. The van der Waals surface area contributed by atoms with Crippen LogP contribution in [0.4, 0.5) is 0 Å². The van der Waals surface area contributed by atoms with Crippen molar-refractivity contribution in [2.24, 2.45) is 0 Å². The van der Waals surface area contributed by atoms with Crippen LogP contribution in [0.2, 0.25) is 0 Å². The van der Waals surface area contributed by atoms with Gasteiger partial charge in [0, 0.05) is 0 Å². The molecule has 0 spiro atoms. The van der Waals surface area contributed by atoms with Crippen LogP contribution < -0.4 is 0 Å². The molecule has 5 heteroatoms. The Hall–Kier alpha value is -0.650. The van der Waals surface area contributed by atoms with Gasteiger partial charge in [-0.15, -0.1) is 0 Å². The van der Waals surface area contributed by atoms with Gasteiger partial charge in [-0.1, -0.05) is 0 Å². The molecule has 4 atom stereocenters. The molecule has 2 N–H and O–H groups in total. The molecule has 0 amide bonds. The second-order valence-electron chi connectivity index (χ2n) is 2.53. The number of hydrogen-bond donors (Lipinski definition) is 2. The highest BCUT2D eigenvalue weighted by molar-refractivity contribution is 5.75. The van der Waals surface area contributed by atoms with Crippen LogP contribution >= 0.6 is 0 Å². The molecule has 5 nitrogen and oxygen atoms in total. The van der Waals surface area contributed by atoms with Crippen molar-refractivity contribution < 1.29 is 24.5 Å². The Morgan fingerprint density at radius 2 is 2.08 bits per heavy atom.